The van der Waals surface area contributed by atoms with Gasteiger partial charge in [0.25, 0.3) is 5.91 Å². The fourth-order valence-electron chi connectivity index (χ4n) is 1.23. The van der Waals surface area contributed by atoms with Crippen molar-refractivity contribution in [2.75, 3.05) is 7.05 Å². The van der Waals surface area contributed by atoms with Crippen LogP contribution in [0.1, 0.15) is 35.7 Å². The van der Waals surface area contributed by atoms with E-state index in [1.54, 1.807) is 19.2 Å². The molecule has 0 saturated heterocycles. The molecule has 0 atom stereocenters. The van der Waals surface area contributed by atoms with Crippen molar-refractivity contribution in [3.05, 3.63) is 29.3 Å². The van der Waals surface area contributed by atoms with Gasteiger partial charge in [-0.2, -0.15) is 0 Å². The quantitative estimate of drug-likeness (QED) is 0.753. The van der Waals surface area contributed by atoms with E-state index in [9.17, 15) is 9.90 Å². The Kier molecular flexibility index (Phi) is 3.12. The normalized spacial score (nSPS) is 10.3. The molecule has 2 N–H and O–H groups in total. The zero-order chi connectivity index (χ0) is 10.7. The molecule has 0 saturated carbocycles. The number of benzene rings is 1. The van der Waals surface area contributed by atoms with E-state index < -0.39 is 0 Å². The molecule has 0 aliphatic heterocycles. The molecule has 76 valence electrons. The summed E-state index contributed by atoms with van der Waals surface area (Å²) in [6.07, 6.45) is 0. The van der Waals surface area contributed by atoms with Gasteiger partial charge < -0.3 is 10.4 Å². The second-order valence-corrected chi connectivity index (χ2v) is 3.51. The maximum absolute atomic E-state index is 11.3. The molecule has 1 aromatic carbocycles. The molecule has 0 fully saturated rings. The predicted octanol–water partition coefficient (Wildman–Crippen LogP) is 1.88. The van der Waals surface area contributed by atoms with Gasteiger partial charge in [-0.25, -0.2) is 0 Å². The Bertz CT molecular complexity index is 345. The molecule has 0 aromatic heterocycles. The third kappa shape index (κ3) is 2.05. The molecule has 0 bridgehead atoms. The Morgan fingerprint density at radius 3 is 2.57 bits per heavy atom. The molecule has 0 unspecified atom stereocenters. The molecule has 1 amide bonds. The number of aromatic hydroxyl groups is 1. The molecule has 0 radical (unpaired) electrons. The van der Waals surface area contributed by atoms with E-state index in [-0.39, 0.29) is 11.7 Å². The van der Waals surface area contributed by atoms with Crippen molar-refractivity contribution >= 4 is 5.91 Å². The largest absolute Gasteiger partial charge is 0.507 e. The van der Waals surface area contributed by atoms with Gasteiger partial charge >= 0.3 is 0 Å². The van der Waals surface area contributed by atoms with E-state index in [2.05, 4.69) is 5.32 Å². The van der Waals surface area contributed by atoms with Crippen LogP contribution in [-0.4, -0.2) is 18.1 Å². The van der Waals surface area contributed by atoms with Crippen molar-refractivity contribution in [1.29, 1.82) is 0 Å². The van der Waals surface area contributed by atoms with Crippen LogP contribution in [0.5, 0.6) is 5.75 Å². The summed E-state index contributed by atoms with van der Waals surface area (Å²) in [7, 11) is 1.55. The minimum atomic E-state index is -0.259. The molecular weight excluding hydrogens is 178 g/mol. The highest BCUT2D eigenvalue weighted by Gasteiger charge is 2.11. The van der Waals surface area contributed by atoms with Crippen molar-refractivity contribution < 1.29 is 9.90 Å². The van der Waals surface area contributed by atoms with Gasteiger partial charge in [0.05, 0.1) is 5.56 Å². The molecule has 1 aromatic rings. The van der Waals surface area contributed by atoms with Crippen molar-refractivity contribution in [3.63, 3.8) is 0 Å². The van der Waals surface area contributed by atoms with Gasteiger partial charge in [-0.05, 0) is 23.6 Å². The van der Waals surface area contributed by atoms with Gasteiger partial charge in [0, 0.05) is 7.05 Å². The van der Waals surface area contributed by atoms with Crippen molar-refractivity contribution in [2.45, 2.75) is 19.8 Å². The smallest absolute Gasteiger partial charge is 0.254 e. The van der Waals surface area contributed by atoms with Crippen LogP contribution in [0.3, 0.4) is 0 Å². The van der Waals surface area contributed by atoms with E-state index in [4.69, 9.17) is 0 Å². The highest BCUT2D eigenvalue weighted by Crippen LogP contribution is 2.22. The first-order valence-corrected chi connectivity index (χ1v) is 4.61. The van der Waals surface area contributed by atoms with Crippen LogP contribution in [-0.2, 0) is 0 Å². The summed E-state index contributed by atoms with van der Waals surface area (Å²) in [5.74, 6) is 0.109. The third-order valence-corrected chi connectivity index (χ3v) is 2.16. The Hall–Kier alpha value is -1.51. The van der Waals surface area contributed by atoms with E-state index in [0.717, 1.165) is 5.56 Å². The minimum Gasteiger partial charge on any atom is -0.507 e. The highest BCUT2D eigenvalue weighted by atomic mass is 16.3. The summed E-state index contributed by atoms with van der Waals surface area (Å²) >= 11 is 0. The van der Waals surface area contributed by atoms with Crippen molar-refractivity contribution in [1.82, 2.24) is 5.32 Å². The van der Waals surface area contributed by atoms with E-state index >= 15 is 0 Å². The van der Waals surface area contributed by atoms with Gasteiger partial charge in [0.2, 0.25) is 0 Å². The van der Waals surface area contributed by atoms with Crippen LogP contribution in [0.2, 0.25) is 0 Å². The molecule has 0 heterocycles. The average molecular weight is 193 g/mol. The molecule has 1 rings (SSSR count). The Labute approximate surface area is 83.8 Å². The lowest BCUT2D eigenvalue weighted by Crippen LogP contribution is -2.18. The number of phenols is 1. The second-order valence-electron chi connectivity index (χ2n) is 3.51. The standard InChI is InChI=1S/C11H15NO2/c1-7(2)8-4-5-10(13)9(6-8)11(14)12-3/h4-7,13H,1-3H3,(H,12,14). The fraction of sp³-hybridized carbons (Fsp3) is 0.364. The lowest BCUT2D eigenvalue weighted by atomic mass is 10.00. The number of rotatable bonds is 2. The van der Waals surface area contributed by atoms with Crippen molar-refractivity contribution in [3.8, 4) is 5.75 Å². The zero-order valence-electron chi connectivity index (χ0n) is 8.66. The maximum Gasteiger partial charge on any atom is 0.254 e. The number of hydrogen-bond donors (Lipinski definition) is 2. The van der Waals surface area contributed by atoms with Crippen LogP contribution < -0.4 is 5.32 Å². The van der Waals surface area contributed by atoms with Gasteiger partial charge in [0.15, 0.2) is 0 Å². The lowest BCUT2D eigenvalue weighted by molar-refractivity contribution is 0.0960. The van der Waals surface area contributed by atoms with Gasteiger partial charge in [-0.15, -0.1) is 0 Å². The highest BCUT2D eigenvalue weighted by molar-refractivity contribution is 5.96. The first kappa shape index (κ1) is 10.6. The van der Waals surface area contributed by atoms with Crippen LogP contribution in [0.25, 0.3) is 0 Å². The van der Waals surface area contributed by atoms with Crippen LogP contribution in [0.4, 0.5) is 0 Å². The molecular formula is C11H15NO2. The van der Waals surface area contributed by atoms with E-state index in [1.807, 2.05) is 19.9 Å². The minimum absolute atomic E-state index is 0.0220. The number of amides is 1. The van der Waals surface area contributed by atoms with Gasteiger partial charge in [-0.1, -0.05) is 19.9 Å². The first-order valence-electron chi connectivity index (χ1n) is 4.61. The van der Waals surface area contributed by atoms with Gasteiger partial charge in [0.1, 0.15) is 5.75 Å². The second kappa shape index (κ2) is 4.13. The summed E-state index contributed by atoms with van der Waals surface area (Å²) in [6.45, 7) is 4.08. The Morgan fingerprint density at radius 2 is 2.07 bits per heavy atom. The number of carbonyl (C=O) groups excluding carboxylic acids is 1. The van der Waals surface area contributed by atoms with Crippen molar-refractivity contribution in [2.24, 2.45) is 0 Å². The van der Waals surface area contributed by atoms with Crippen LogP contribution in [0, 0.1) is 0 Å². The maximum atomic E-state index is 11.3. The third-order valence-electron chi connectivity index (χ3n) is 2.16. The number of carbonyl (C=O) groups is 1. The fourth-order valence-corrected chi connectivity index (χ4v) is 1.23. The molecule has 3 heteroatoms. The number of nitrogens with one attached hydrogen (secondary N) is 1. The Balaban J connectivity index is 3.15. The molecule has 0 aliphatic carbocycles. The average Bonchev–Trinajstić information content (AvgIpc) is 2.17. The van der Waals surface area contributed by atoms with Crippen LogP contribution >= 0.6 is 0 Å². The van der Waals surface area contributed by atoms with E-state index in [0.29, 0.717) is 11.5 Å². The van der Waals surface area contributed by atoms with E-state index in [1.165, 1.54) is 0 Å². The number of phenolic OH excluding ortho intramolecular Hbond substituents is 1. The predicted molar refractivity (Wildman–Crippen MR) is 55.6 cm³/mol. The summed E-state index contributed by atoms with van der Waals surface area (Å²) < 4.78 is 0. The monoisotopic (exact) mass is 193 g/mol. The molecule has 0 spiro atoms. The first-order chi connectivity index (χ1) is 6.56. The molecule has 0 aliphatic rings. The van der Waals surface area contributed by atoms with Gasteiger partial charge in [-0.3, -0.25) is 4.79 Å². The molecule has 3 nitrogen and oxygen atoms in total. The Morgan fingerprint density at radius 1 is 1.43 bits per heavy atom. The summed E-state index contributed by atoms with van der Waals surface area (Å²) in [6, 6.07) is 5.10. The SMILES string of the molecule is CNC(=O)c1cc(C(C)C)ccc1O. The number of hydrogen-bond acceptors (Lipinski definition) is 2. The summed E-state index contributed by atoms with van der Waals surface area (Å²) in [5, 5.41) is 11.9. The molecule has 14 heavy (non-hydrogen) atoms. The zero-order valence-corrected chi connectivity index (χ0v) is 8.66. The topological polar surface area (TPSA) is 49.3 Å². The summed E-state index contributed by atoms with van der Waals surface area (Å²) in [4.78, 5) is 11.3. The summed E-state index contributed by atoms with van der Waals surface area (Å²) in [5.41, 5.74) is 1.38. The lowest BCUT2D eigenvalue weighted by Gasteiger charge is -2.08. The van der Waals surface area contributed by atoms with Crippen LogP contribution in [0.15, 0.2) is 18.2 Å².